The highest BCUT2D eigenvalue weighted by Crippen LogP contribution is 2.19. The Morgan fingerprint density at radius 2 is 1.60 bits per heavy atom. The number of aryl methyl sites for hydroxylation is 2. The SMILES string of the molecule is CC(=O)N1CCN(S(=O)(=O)c2ccc(C(=O)NCc3ccc(C)cc3C)cc2)CC1. The smallest absolute Gasteiger partial charge is 0.251 e. The third-order valence-electron chi connectivity index (χ3n) is 5.38. The van der Waals surface area contributed by atoms with E-state index in [4.69, 9.17) is 0 Å². The summed E-state index contributed by atoms with van der Waals surface area (Å²) in [5.74, 6) is -0.308. The molecular formula is C22H27N3O4S. The molecule has 3 rings (SSSR count). The number of amides is 2. The summed E-state index contributed by atoms with van der Waals surface area (Å²) in [4.78, 5) is 25.7. The first-order valence-electron chi connectivity index (χ1n) is 9.88. The van der Waals surface area contributed by atoms with Crippen molar-refractivity contribution in [3.05, 3.63) is 64.7 Å². The Morgan fingerprint density at radius 3 is 2.17 bits per heavy atom. The summed E-state index contributed by atoms with van der Waals surface area (Å²) in [7, 11) is -3.65. The quantitative estimate of drug-likeness (QED) is 0.789. The molecule has 0 spiro atoms. The molecule has 1 heterocycles. The van der Waals surface area contributed by atoms with Gasteiger partial charge in [0.2, 0.25) is 15.9 Å². The summed E-state index contributed by atoms with van der Waals surface area (Å²) in [5, 5.41) is 2.88. The molecule has 0 radical (unpaired) electrons. The molecule has 1 aliphatic rings. The molecule has 160 valence electrons. The number of rotatable bonds is 5. The maximum Gasteiger partial charge on any atom is 0.251 e. The van der Waals surface area contributed by atoms with Crippen LogP contribution in [-0.4, -0.2) is 55.6 Å². The van der Waals surface area contributed by atoms with Gasteiger partial charge in [0.25, 0.3) is 5.91 Å². The van der Waals surface area contributed by atoms with Gasteiger partial charge in [-0.1, -0.05) is 23.8 Å². The van der Waals surface area contributed by atoms with E-state index in [0.717, 1.165) is 11.1 Å². The van der Waals surface area contributed by atoms with Crippen LogP contribution in [0.3, 0.4) is 0 Å². The minimum Gasteiger partial charge on any atom is -0.348 e. The Balaban J connectivity index is 1.63. The predicted octanol–water partition coefficient (Wildman–Crippen LogP) is 2.09. The number of sulfonamides is 1. The average molecular weight is 430 g/mol. The Bertz CT molecular complexity index is 1040. The molecule has 8 heteroatoms. The maximum absolute atomic E-state index is 12.8. The van der Waals surface area contributed by atoms with Gasteiger partial charge in [0.05, 0.1) is 4.90 Å². The number of carbonyl (C=O) groups excluding carboxylic acids is 2. The van der Waals surface area contributed by atoms with Crippen molar-refractivity contribution in [3.63, 3.8) is 0 Å². The fourth-order valence-electron chi connectivity index (χ4n) is 3.49. The van der Waals surface area contributed by atoms with Crippen LogP contribution >= 0.6 is 0 Å². The van der Waals surface area contributed by atoms with E-state index in [1.807, 2.05) is 26.0 Å². The molecule has 0 atom stereocenters. The van der Waals surface area contributed by atoms with Crippen LogP contribution < -0.4 is 5.32 Å². The van der Waals surface area contributed by atoms with Crippen molar-refractivity contribution in [2.45, 2.75) is 32.2 Å². The van der Waals surface area contributed by atoms with E-state index in [1.165, 1.54) is 41.1 Å². The van der Waals surface area contributed by atoms with Gasteiger partial charge in [0.15, 0.2) is 0 Å². The standard InChI is InChI=1S/C22H27N3O4S/c1-16-4-5-20(17(2)14-16)15-23-22(27)19-6-8-21(9-7-19)30(28,29)25-12-10-24(11-13-25)18(3)26/h4-9,14H,10-13,15H2,1-3H3,(H,23,27). The lowest BCUT2D eigenvalue weighted by atomic mass is 10.1. The van der Waals surface area contributed by atoms with Crippen molar-refractivity contribution in [3.8, 4) is 0 Å². The van der Waals surface area contributed by atoms with Crippen LogP contribution in [-0.2, 0) is 21.4 Å². The minimum atomic E-state index is -3.65. The van der Waals surface area contributed by atoms with Crippen molar-refractivity contribution in [1.29, 1.82) is 0 Å². The molecule has 1 aliphatic heterocycles. The second-order valence-corrected chi connectivity index (χ2v) is 9.49. The molecule has 7 nitrogen and oxygen atoms in total. The monoisotopic (exact) mass is 429 g/mol. The highest BCUT2D eigenvalue weighted by molar-refractivity contribution is 7.89. The number of nitrogens with zero attached hydrogens (tertiary/aromatic N) is 2. The average Bonchev–Trinajstić information content (AvgIpc) is 2.73. The molecule has 2 amide bonds. The number of nitrogens with one attached hydrogen (secondary N) is 1. The summed E-state index contributed by atoms with van der Waals surface area (Å²) in [6.45, 7) is 7.21. The minimum absolute atomic E-state index is 0.0526. The van der Waals surface area contributed by atoms with Gasteiger partial charge in [0, 0.05) is 45.2 Å². The predicted molar refractivity (Wildman–Crippen MR) is 115 cm³/mol. The van der Waals surface area contributed by atoms with Gasteiger partial charge in [-0.25, -0.2) is 8.42 Å². The van der Waals surface area contributed by atoms with Crippen molar-refractivity contribution in [2.24, 2.45) is 0 Å². The summed E-state index contributed by atoms with van der Waals surface area (Å²) < 4.78 is 27.1. The summed E-state index contributed by atoms with van der Waals surface area (Å²) >= 11 is 0. The molecule has 0 aliphatic carbocycles. The number of hydrogen-bond acceptors (Lipinski definition) is 4. The van der Waals surface area contributed by atoms with Gasteiger partial charge in [0.1, 0.15) is 0 Å². The molecule has 30 heavy (non-hydrogen) atoms. The van der Waals surface area contributed by atoms with E-state index < -0.39 is 10.0 Å². The van der Waals surface area contributed by atoms with Gasteiger partial charge >= 0.3 is 0 Å². The van der Waals surface area contributed by atoms with Crippen LogP contribution in [0.15, 0.2) is 47.4 Å². The van der Waals surface area contributed by atoms with Crippen molar-refractivity contribution >= 4 is 21.8 Å². The van der Waals surface area contributed by atoms with Crippen molar-refractivity contribution in [1.82, 2.24) is 14.5 Å². The Kier molecular flexibility index (Phi) is 6.58. The van der Waals surface area contributed by atoms with E-state index in [9.17, 15) is 18.0 Å². The molecule has 1 fully saturated rings. The number of piperazine rings is 1. The topological polar surface area (TPSA) is 86.8 Å². The van der Waals surface area contributed by atoms with E-state index in [-0.39, 0.29) is 29.8 Å². The molecule has 1 N–H and O–H groups in total. The molecule has 0 bridgehead atoms. The lowest BCUT2D eigenvalue weighted by Gasteiger charge is -2.33. The zero-order valence-corrected chi connectivity index (χ0v) is 18.3. The maximum atomic E-state index is 12.8. The van der Waals surface area contributed by atoms with Crippen molar-refractivity contribution < 1.29 is 18.0 Å². The Morgan fingerprint density at radius 1 is 0.967 bits per heavy atom. The molecule has 0 saturated carbocycles. The van der Waals surface area contributed by atoms with E-state index >= 15 is 0 Å². The molecule has 2 aromatic carbocycles. The second-order valence-electron chi connectivity index (χ2n) is 7.55. The largest absolute Gasteiger partial charge is 0.348 e. The third kappa shape index (κ3) is 4.88. The molecule has 0 unspecified atom stereocenters. The second kappa shape index (κ2) is 8.97. The summed E-state index contributed by atoms with van der Waals surface area (Å²) in [6.07, 6.45) is 0. The van der Waals surface area contributed by atoms with Crippen LogP contribution in [0, 0.1) is 13.8 Å². The zero-order chi connectivity index (χ0) is 21.9. The zero-order valence-electron chi connectivity index (χ0n) is 17.5. The van der Waals surface area contributed by atoms with E-state index in [0.29, 0.717) is 25.2 Å². The van der Waals surface area contributed by atoms with Gasteiger partial charge in [-0.05, 0) is 49.2 Å². The van der Waals surface area contributed by atoms with Gasteiger partial charge in [-0.15, -0.1) is 0 Å². The van der Waals surface area contributed by atoms with Crippen LogP contribution in [0.1, 0.15) is 34.0 Å². The first kappa shape index (κ1) is 22.0. The van der Waals surface area contributed by atoms with Crippen LogP contribution in [0.25, 0.3) is 0 Å². The molecule has 2 aromatic rings. The van der Waals surface area contributed by atoms with Crippen molar-refractivity contribution in [2.75, 3.05) is 26.2 Å². The van der Waals surface area contributed by atoms with Gasteiger partial charge in [-0.2, -0.15) is 4.31 Å². The first-order chi connectivity index (χ1) is 14.2. The number of hydrogen-bond donors (Lipinski definition) is 1. The number of carbonyl (C=O) groups is 2. The lowest BCUT2D eigenvalue weighted by Crippen LogP contribution is -2.49. The molecule has 0 aromatic heterocycles. The first-order valence-corrected chi connectivity index (χ1v) is 11.3. The molecular weight excluding hydrogens is 402 g/mol. The number of benzene rings is 2. The van der Waals surface area contributed by atoms with Gasteiger partial charge in [-0.3, -0.25) is 9.59 Å². The van der Waals surface area contributed by atoms with E-state index in [2.05, 4.69) is 11.4 Å². The summed E-state index contributed by atoms with van der Waals surface area (Å²) in [6, 6.07) is 12.0. The third-order valence-corrected chi connectivity index (χ3v) is 7.29. The molecule has 1 saturated heterocycles. The van der Waals surface area contributed by atoms with Crippen LogP contribution in [0.2, 0.25) is 0 Å². The fourth-order valence-corrected chi connectivity index (χ4v) is 4.91. The fraction of sp³-hybridized carbons (Fsp3) is 0.364. The van der Waals surface area contributed by atoms with Crippen LogP contribution in [0.5, 0.6) is 0 Å². The van der Waals surface area contributed by atoms with Gasteiger partial charge < -0.3 is 10.2 Å². The lowest BCUT2D eigenvalue weighted by molar-refractivity contribution is -0.129. The highest BCUT2D eigenvalue weighted by atomic mass is 32.2. The highest BCUT2D eigenvalue weighted by Gasteiger charge is 2.29. The normalized spacial score (nSPS) is 15.1. The van der Waals surface area contributed by atoms with Crippen LogP contribution in [0.4, 0.5) is 0 Å². The summed E-state index contributed by atoms with van der Waals surface area (Å²) in [5.41, 5.74) is 3.72. The Labute approximate surface area is 177 Å². The Hall–Kier alpha value is -2.71. The van der Waals surface area contributed by atoms with E-state index in [1.54, 1.807) is 4.90 Å².